The van der Waals surface area contributed by atoms with Gasteiger partial charge >= 0.3 is 5.97 Å². The molecule has 3 heteroatoms. The Morgan fingerprint density at radius 3 is 2.60 bits per heavy atom. The Balaban J connectivity index is 2.62. The molecule has 80 valence electrons. The zero-order valence-corrected chi connectivity index (χ0v) is 9.60. The molecule has 1 aromatic carbocycles. The third kappa shape index (κ3) is 3.40. The van der Waals surface area contributed by atoms with E-state index >= 15 is 0 Å². The maximum atomic E-state index is 11.0. The van der Waals surface area contributed by atoms with Crippen LogP contribution in [0.25, 0.3) is 0 Å². The topological polar surface area (TPSA) is 26.3 Å². The average Bonchev–Trinajstić information content (AvgIpc) is 2.19. The fourth-order valence-electron chi connectivity index (χ4n) is 1.12. The minimum absolute atomic E-state index is 0.0983. The Labute approximate surface area is 94.5 Å². The van der Waals surface area contributed by atoms with Gasteiger partial charge in [-0.25, -0.2) is 4.79 Å². The minimum Gasteiger partial charge on any atom is -0.457 e. The van der Waals surface area contributed by atoms with Crippen LogP contribution in [0.15, 0.2) is 29.8 Å². The Hall–Kier alpha value is -1.28. The molecule has 1 rings (SSSR count). The van der Waals surface area contributed by atoms with Gasteiger partial charge in [-0.15, -0.1) is 0 Å². The van der Waals surface area contributed by atoms with Gasteiger partial charge in [0.2, 0.25) is 0 Å². The quantitative estimate of drug-likeness (QED) is 0.583. The predicted octanol–water partition coefficient (Wildman–Crippen LogP) is 3.10. The van der Waals surface area contributed by atoms with Crippen LogP contribution < -0.4 is 0 Å². The summed E-state index contributed by atoms with van der Waals surface area (Å²) in [6.07, 6.45) is 0. The molecular formula is C12H13ClO2. The minimum atomic E-state index is -0.574. The third-order valence-electron chi connectivity index (χ3n) is 2.16. The van der Waals surface area contributed by atoms with Gasteiger partial charge < -0.3 is 4.74 Å². The van der Waals surface area contributed by atoms with Gasteiger partial charge in [-0.2, -0.15) is 0 Å². The van der Waals surface area contributed by atoms with Gasteiger partial charge in [0.05, 0.1) is 0 Å². The lowest BCUT2D eigenvalue weighted by Gasteiger charge is -2.06. The molecule has 0 aliphatic carbocycles. The molecule has 0 radical (unpaired) electrons. The van der Waals surface area contributed by atoms with E-state index in [2.05, 4.69) is 6.58 Å². The summed E-state index contributed by atoms with van der Waals surface area (Å²) in [6.45, 7) is 7.57. The van der Waals surface area contributed by atoms with Crippen molar-refractivity contribution in [3.63, 3.8) is 0 Å². The Kier molecular flexibility index (Phi) is 3.92. The number of hydrogen-bond donors (Lipinski definition) is 0. The normalized spacial score (nSPS) is 9.80. The van der Waals surface area contributed by atoms with Crippen molar-refractivity contribution in [3.8, 4) is 0 Å². The van der Waals surface area contributed by atoms with Crippen molar-refractivity contribution in [2.45, 2.75) is 20.5 Å². The van der Waals surface area contributed by atoms with Crippen LogP contribution in [-0.4, -0.2) is 5.97 Å². The van der Waals surface area contributed by atoms with Crippen molar-refractivity contribution < 1.29 is 9.53 Å². The first kappa shape index (κ1) is 11.8. The first-order valence-electron chi connectivity index (χ1n) is 4.58. The molecule has 0 spiro atoms. The van der Waals surface area contributed by atoms with Crippen LogP contribution in [0.5, 0.6) is 0 Å². The highest BCUT2D eigenvalue weighted by atomic mass is 35.5. The smallest absolute Gasteiger partial charge is 0.349 e. The number of benzene rings is 1. The number of esters is 1. The molecule has 0 aliphatic rings. The van der Waals surface area contributed by atoms with E-state index < -0.39 is 5.97 Å². The van der Waals surface area contributed by atoms with E-state index in [-0.39, 0.29) is 11.6 Å². The molecule has 0 amide bonds. The van der Waals surface area contributed by atoms with Crippen LogP contribution >= 0.6 is 11.6 Å². The number of aryl methyl sites for hydroxylation is 2. The van der Waals surface area contributed by atoms with Gasteiger partial charge in [0.25, 0.3) is 0 Å². The summed E-state index contributed by atoms with van der Waals surface area (Å²) in [5, 5.41) is -0.0983. The van der Waals surface area contributed by atoms with E-state index in [4.69, 9.17) is 16.3 Å². The van der Waals surface area contributed by atoms with E-state index in [1.165, 1.54) is 11.1 Å². The summed E-state index contributed by atoms with van der Waals surface area (Å²) in [5.41, 5.74) is 3.34. The number of halogens is 1. The molecule has 0 heterocycles. The van der Waals surface area contributed by atoms with Gasteiger partial charge in [0, 0.05) is 0 Å². The van der Waals surface area contributed by atoms with Crippen molar-refractivity contribution in [2.75, 3.05) is 0 Å². The van der Waals surface area contributed by atoms with E-state index in [9.17, 15) is 4.79 Å². The van der Waals surface area contributed by atoms with E-state index in [0.29, 0.717) is 0 Å². The van der Waals surface area contributed by atoms with Gasteiger partial charge in [0.1, 0.15) is 11.6 Å². The maximum absolute atomic E-state index is 11.0. The molecule has 1 aromatic rings. The second kappa shape index (κ2) is 4.99. The van der Waals surface area contributed by atoms with Crippen LogP contribution in [0.3, 0.4) is 0 Å². The van der Waals surface area contributed by atoms with Crippen LogP contribution in [0.2, 0.25) is 0 Å². The van der Waals surface area contributed by atoms with Crippen molar-refractivity contribution >= 4 is 17.6 Å². The molecule has 0 aliphatic heterocycles. The molecule has 0 fully saturated rings. The highest BCUT2D eigenvalue weighted by Crippen LogP contribution is 2.11. The molecular weight excluding hydrogens is 212 g/mol. The van der Waals surface area contributed by atoms with Gasteiger partial charge in [-0.1, -0.05) is 36.4 Å². The Morgan fingerprint density at radius 1 is 1.40 bits per heavy atom. The van der Waals surface area contributed by atoms with Gasteiger partial charge in [-0.3, -0.25) is 0 Å². The highest BCUT2D eigenvalue weighted by Gasteiger charge is 2.05. The number of rotatable bonds is 3. The van der Waals surface area contributed by atoms with Crippen LogP contribution in [-0.2, 0) is 16.1 Å². The Bertz CT molecular complexity index is 397. The second-order valence-electron chi connectivity index (χ2n) is 3.40. The molecule has 2 nitrogen and oxygen atoms in total. The monoisotopic (exact) mass is 224 g/mol. The number of carbonyl (C=O) groups is 1. The number of carbonyl (C=O) groups excluding carboxylic acids is 1. The zero-order chi connectivity index (χ0) is 11.4. The second-order valence-corrected chi connectivity index (χ2v) is 3.86. The molecule has 0 aromatic heterocycles. The zero-order valence-electron chi connectivity index (χ0n) is 8.84. The standard InChI is InChI=1S/C12H13ClO2/c1-8-4-5-11(6-9(8)2)7-15-12(14)10(3)13/h4-6H,3,7H2,1-2H3. The SMILES string of the molecule is C=C(Cl)C(=O)OCc1ccc(C)c(C)c1. The first-order valence-corrected chi connectivity index (χ1v) is 4.96. The first-order chi connectivity index (χ1) is 7.00. The molecule has 0 N–H and O–H groups in total. The number of ether oxygens (including phenoxy) is 1. The van der Waals surface area contributed by atoms with Gasteiger partial charge in [0.15, 0.2) is 0 Å². The Morgan fingerprint density at radius 2 is 2.07 bits per heavy atom. The largest absolute Gasteiger partial charge is 0.457 e. The van der Waals surface area contributed by atoms with E-state index in [0.717, 1.165) is 5.56 Å². The van der Waals surface area contributed by atoms with Crippen molar-refractivity contribution in [1.82, 2.24) is 0 Å². The lowest BCUT2D eigenvalue weighted by Crippen LogP contribution is -2.03. The lowest BCUT2D eigenvalue weighted by molar-refractivity contribution is -0.139. The molecule has 0 bridgehead atoms. The summed E-state index contributed by atoms with van der Waals surface area (Å²) in [7, 11) is 0. The molecule has 0 saturated carbocycles. The van der Waals surface area contributed by atoms with Crippen molar-refractivity contribution in [1.29, 1.82) is 0 Å². The summed E-state index contributed by atoms with van der Waals surface area (Å²) in [6, 6.07) is 5.90. The summed E-state index contributed by atoms with van der Waals surface area (Å²) in [4.78, 5) is 11.0. The highest BCUT2D eigenvalue weighted by molar-refractivity contribution is 6.40. The maximum Gasteiger partial charge on any atom is 0.349 e. The lowest BCUT2D eigenvalue weighted by atomic mass is 10.1. The van der Waals surface area contributed by atoms with Gasteiger partial charge in [-0.05, 0) is 30.5 Å². The molecule has 0 atom stereocenters. The average molecular weight is 225 g/mol. The van der Waals surface area contributed by atoms with Crippen LogP contribution in [0.1, 0.15) is 16.7 Å². The van der Waals surface area contributed by atoms with E-state index in [1.54, 1.807) is 0 Å². The third-order valence-corrected chi connectivity index (χ3v) is 2.32. The van der Waals surface area contributed by atoms with Crippen molar-refractivity contribution in [2.24, 2.45) is 0 Å². The molecule has 0 saturated heterocycles. The summed E-state index contributed by atoms with van der Waals surface area (Å²) < 4.78 is 4.91. The number of hydrogen-bond acceptors (Lipinski definition) is 2. The van der Waals surface area contributed by atoms with Crippen LogP contribution in [0.4, 0.5) is 0 Å². The summed E-state index contributed by atoms with van der Waals surface area (Å²) >= 11 is 5.38. The fourth-order valence-corrected chi connectivity index (χ4v) is 1.18. The predicted molar refractivity (Wildman–Crippen MR) is 60.7 cm³/mol. The van der Waals surface area contributed by atoms with E-state index in [1.807, 2.05) is 32.0 Å². The molecule has 0 unspecified atom stereocenters. The van der Waals surface area contributed by atoms with Crippen molar-refractivity contribution in [3.05, 3.63) is 46.5 Å². The van der Waals surface area contributed by atoms with Crippen LogP contribution in [0, 0.1) is 13.8 Å². The summed E-state index contributed by atoms with van der Waals surface area (Å²) in [5.74, 6) is -0.574. The fraction of sp³-hybridized carbons (Fsp3) is 0.250. The molecule has 15 heavy (non-hydrogen) atoms.